The van der Waals surface area contributed by atoms with E-state index in [-0.39, 0.29) is 5.56 Å². The fraction of sp³-hybridized carbons (Fsp3) is 0.280. The molecule has 1 aliphatic heterocycles. The molecule has 1 saturated carbocycles. The highest BCUT2D eigenvalue weighted by Crippen LogP contribution is 2.38. The summed E-state index contributed by atoms with van der Waals surface area (Å²) in [5.74, 6) is 0.331. The Morgan fingerprint density at radius 3 is 2.56 bits per heavy atom. The number of hydrogen-bond donors (Lipinski definition) is 2. The van der Waals surface area contributed by atoms with Crippen LogP contribution in [0.5, 0.6) is 0 Å². The second-order valence-electron chi connectivity index (χ2n) is 8.63. The van der Waals surface area contributed by atoms with Crippen LogP contribution in [0, 0.1) is 0 Å². The van der Waals surface area contributed by atoms with E-state index in [1.165, 1.54) is 12.8 Å². The first-order valence-electron chi connectivity index (χ1n) is 11.4. The SMILES string of the molecule is O=C(O)c1ccc(Nc2cc(-c3ccc4ncn(C5CC5)c4c3)nc(N3CCOCC3)n2)cc1. The summed E-state index contributed by atoms with van der Waals surface area (Å²) in [5, 5.41) is 12.5. The van der Waals surface area contributed by atoms with Crippen LogP contribution in [0.2, 0.25) is 0 Å². The third kappa shape index (κ3) is 4.06. The molecule has 4 aromatic rings. The molecule has 9 nitrogen and oxygen atoms in total. The van der Waals surface area contributed by atoms with E-state index in [1.54, 1.807) is 24.3 Å². The van der Waals surface area contributed by atoms with E-state index in [0.717, 1.165) is 41.1 Å². The second kappa shape index (κ2) is 8.42. The first-order chi connectivity index (χ1) is 16.6. The molecule has 0 unspecified atom stereocenters. The standard InChI is InChI=1S/C25H24N6O3/c32-24(33)16-1-4-18(5-2-16)27-23-14-21(28-25(29-23)30-9-11-34-12-10-30)17-3-8-20-22(13-17)31(15-26-20)19-6-7-19/h1-5,8,13-15,19H,6-7,9-12H2,(H,32,33)(H,27,28,29). The van der Waals surface area contributed by atoms with E-state index in [2.05, 4.69) is 25.8 Å². The molecule has 2 aromatic carbocycles. The van der Waals surface area contributed by atoms with Crippen LogP contribution in [0.4, 0.5) is 17.5 Å². The molecular weight excluding hydrogens is 432 g/mol. The van der Waals surface area contributed by atoms with Crippen molar-refractivity contribution in [1.29, 1.82) is 0 Å². The predicted molar refractivity (Wildman–Crippen MR) is 129 cm³/mol. The molecule has 9 heteroatoms. The summed E-state index contributed by atoms with van der Waals surface area (Å²) in [6.07, 6.45) is 4.32. The Balaban J connectivity index is 1.39. The van der Waals surface area contributed by atoms with Crippen LogP contribution in [0.3, 0.4) is 0 Å². The molecule has 172 valence electrons. The number of fused-ring (bicyclic) bond motifs is 1. The number of aromatic carboxylic acids is 1. The van der Waals surface area contributed by atoms with Gasteiger partial charge >= 0.3 is 5.97 Å². The summed E-state index contributed by atoms with van der Waals surface area (Å²) in [6, 6.07) is 15.3. The predicted octanol–water partition coefficient (Wildman–Crippen LogP) is 4.11. The summed E-state index contributed by atoms with van der Waals surface area (Å²) in [5.41, 5.74) is 4.90. The van der Waals surface area contributed by atoms with Crippen molar-refractivity contribution >= 4 is 34.5 Å². The number of rotatable bonds is 6. The van der Waals surface area contributed by atoms with Gasteiger partial charge in [-0.2, -0.15) is 4.98 Å². The van der Waals surface area contributed by atoms with Crippen LogP contribution in [0.15, 0.2) is 54.9 Å². The van der Waals surface area contributed by atoms with Crippen molar-refractivity contribution in [2.24, 2.45) is 0 Å². The molecule has 1 aliphatic carbocycles. The third-order valence-electron chi connectivity index (χ3n) is 6.22. The van der Waals surface area contributed by atoms with Gasteiger partial charge in [0.05, 0.1) is 41.8 Å². The summed E-state index contributed by atoms with van der Waals surface area (Å²) in [6.45, 7) is 2.73. The molecule has 6 rings (SSSR count). The molecule has 2 aromatic heterocycles. The quantitative estimate of drug-likeness (QED) is 0.447. The third-order valence-corrected chi connectivity index (χ3v) is 6.22. The van der Waals surface area contributed by atoms with Gasteiger partial charge in [0.1, 0.15) is 5.82 Å². The molecular formula is C25H24N6O3. The summed E-state index contributed by atoms with van der Waals surface area (Å²) in [4.78, 5) is 27.5. The van der Waals surface area contributed by atoms with Gasteiger partial charge in [-0.05, 0) is 49.2 Å². The zero-order valence-electron chi connectivity index (χ0n) is 18.5. The molecule has 0 spiro atoms. The van der Waals surface area contributed by atoms with Gasteiger partial charge in [-0.3, -0.25) is 0 Å². The van der Waals surface area contributed by atoms with E-state index in [1.807, 2.05) is 24.5 Å². The van der Waals surface area contributed by atoms with Crippen LogP contribution >= 0.6 is 0 Å². The lowest BCUT2D eigenvalue weighted by molar-refractivity contribution is 0.0697. The maximum absolute atomic E-state index is 11.2. The van der Waals surface area contributed by atoms with Crippen LogP contribution in [0.1, 0.15) is 29.2 Å². The van der Waals surface area contributed by atoms with Crippen molar-refractivity contribution in [1.82, 2.24) is 19.5 Å². The Bertz CT molecular complexity index is 1360. The first-order valence-corrected chi connectivity index (χ1v) is 11.4. The lowest BCUT2D eigenvalue weighted by atomic mass is 10.1. The van der Waals surface area contributed by atoms with Gasteiger partial charge in [-0.15, -0.1) is 0 Å². The largest absolute Gasteiger partial charge is 0.478 e. The average molecular weight is 457 g/mol. The number of nitrogens with zero attached hydrogens (tertiary/aromatic N) is 5. The Labute approximate surface area is 196 Å². The van der Waals surface area contributed by atoms with Gasteiger partial charge in [0.25, 0.3) is 0 Å². The number of carboxylic acid groups (broad SMARTS) is 1. The van der Waals surface area contributed by atoms with E-state index in [9.17, 15) is 4.79 Å². The molecule has 0 atom stereocenters. The summed E-state index contributed by atoms with van der Waals surface area (Å²) < 4.78 is 7.76. The molecule has 0 amide bonds. The van der Waals surface area contributed by atoms with Crippen molar-refractivity contribution in [2.45, 2.75) is 18.9 Å². The normalized spacial score (nSPS) is 16.1. The van der Waals surface area contributed by atoms with E-state index < -0.39 is 5.97 Å². The van der Waals surface area contributed by atoms with Crippen molar-refractivity contribution in [3.8, 4) is 11.3 Å². The molecule has 0 radical (unpaired) electrons. The molecule has 1 saturated heterocycles. The van der Waals surface area contributed by atoms with Gasteiger partial charge in [0.15, 0.2) is 0 Å². The maximum atomic E-state index is 11.2. The van der Waals surface area contributed by atoms with Crippen LogP contribution in [-0.2, 0) is 4.74 Å². The van der Waals surface area contributed by atoms with E-state index in [4.69, 9.17) is 19.8 Å². The van der Waals surface area contributed by atoms with Crippen LogP contribution in [-0.4, -0.2) is 56.9 Å². The van der Waals surface area contributed by atoms with Gasteiger partial charge in [0, 0.05) is 36.4 Å². The minimum Gasteiger partial charge on any atom is -0.478 e. The molecule has 0 bridgehead atoms. The lowest BCUT2D eigenvalue weighted by Crippen LogP contribution is -2.37. The Hall–Kier alpha value is -3.98. The van der Waals surface area contributed by atoms with Crippen molar-refractivity contribution < 1.29 is 14.6 Å². The number of carbonyl (C=O) groups is 1. The highest BCUT2D eigenvalue weighted by atomic mass is 16.5. The van der Waals surface area contributed by atoms with Crippen molar-refractivity contribution in [3.05, 3.63) is 60.4 Å². The Morgan fingerprint density at radius 1 is 1.03 bits per heavy atom. The zero-order valence-corrected chi connectivity index (χ0v) is 18.5. The number of aromatic nitrogens is 4. The highest BCUT2D eigenvalue weighted by Gasteiger charge is 2.25. The number of ether oxygens (including phenoxy) is 1. The number of morpholine rings is 1. The van der Waals surface area contributed by atoms with Crippen LogP contribution < -0.4 is 10.2 Å². The molecule has 34 heavy (non-hydrogen) atoms. The molecule has 2 N–H and O–H groups in total. The molecule has 3 heterocycles. The minimum atomic E-state index is -0.952. The van der Waals surface area contributed by atoms with Gasteiger partial charge in [0.2, 0.25) is 5.95 Å². The average Bonchev–Trinajstić information content (AvgIpc) is 3.63. The monoisotopic (exact) mass is 456 g/mol. The fourth-order valence-electron chi connectivity index (χ4n) is 4.22. The smallest absolute Gasteiger partial charge is 0.335 e. The van der Waals surface area contributed by atoms with Gasteiger partial charge in [-0.1, -0.05) is 6.07 Å². The van der Waals surface area contributed by atoms with Crippen molar-refractivity contribution in [2.75, 3.05) is 36.5 Å². The molecule has 2 aliphatic rings. The highest BCUT2D eigenvalue weighted by molar-refractivity contribution is 5.88. The molecule has 2 fully saturated rings. The zero-order chi connectivity index (χ0) is 23.1. The number of benzene rings is 2. The Morgan fingerprint density at radius 2 is 1.82 bits per heavy atom. The minimum absolute atomic E-state index is 0.239. The second-order valence-corrected chi connectivity index (χ2v) is 8.63. The number of imidazole rings is 1. The van der Waals surface area contributed by atoms with Gasteiger partial charge in [-0.25, -0.2) is 14.8 Å². The van der Waals surface area contributed by atoms with Crippen LogP contribution in [0.25, 0.3) is 22.3 Å². The summed E-state index contributed by atoms with van der Waals surface area (Å²) in [7, 11) is 0. The summed E-state index contributed by atoms with van der Waals surface area (Å²) >= 11 is 0. The van der Waals surface area contributed by atoms with Gasteiger partial charge < -0.3 is 24.6 Å². The lowest BCUT2D eigenvalue weighted by Gasteiger charge is -2.27. The van der Waals surface area contributed by atoms with E-state index in [0.29, 0.717) is 31.0 Å². The topological polar surface area (TPSA) is 105 Å². The maximum Gasteiger partial charge on any atom is 0.335 e. The number of nitrogens with one attached hydrogen (secondary N) is 1. The number of anilines is 3. The Kier molecular flexibility index (Phi) is 5.10. The fourth-order valence-corrected chi connectivity index (χ4v) is 4.22. The van der Waals surface area contributed by atoms with E-state index >= 15 is 0 Å². The van der Waals surface area contributed by atoms with Crippen molar-refractivity contribution in [3.63, 3.8) is 0 Å². The number of hydrogen-bond acceptors (Lipinski definition) is 7. The number of carboxylic acids is 1. The first kappa shape index (κ1) is 20.6.